The van der Waals surface area contributed by atoms with Gasteiger partial charge in [-0.1, -0.05) is 11.1 Å². The Labute approximate surface area is 149 Å². The van der Waals surface area contributed by atoms with E-state index in [0.29, 0.717) is 82.9 Å². The second kappa shape index (κ2) is 2.74. The third kappa shape index (κ3) is 0.664. The third-order valence-corrected chi connectivity index (χ3v) is 12.4. The van der Waals surface area contributed by atoms with Gasteiger partial charge in [-0.15, -0.1) is 0 Å². The van der Waals surface area contributed by atoms with E-state index in [0.717, 1.165) is 0 Å². The molecular formula is C22H18O4. The lowest BCUT2D eigenvalue weighted by atomic mass is 9.67. The molecule has 4 bridgehead atoms. The maximum atomic E-state index is 13.3. The minimum atomic E-state index is 0.153. The largest absolute Gasteiger partial charge is 0.461 e. The molecule has 4 nitrogen and oxygen atoms in total. The standard InChI is InChI=1S/C22H18O4/c23-21-17-7-1-2-9(17)5-6-10(2)18-8(1)4-3(7)13-11-12(15(5)19(13)25-21)16(6)20(14(4)11)26-22(18)24/h1-4,7-20H. The zero-order valence-corrected chi connectivity index (χ0v) is 14.0. The predicted molar refractivity (Wildman–Crippen MR) is 82.6 cm³/mol. The van der Waals surface area contributed by atoms with Crippen LogP contribution < -0.4 is 0 Å². The minimum Gasteiger partial charge on any atom is -0.461 e. The van der Waals surface area contributed by atoms with E-state index in [1.165, 1.54) is 0 Å². The van der Waals surface area contributed by atoms with Gasteiger partial charge in [0.15, 0.2) is 0 Å². The summed E-state index contributed by atoms with van der Waals surface area (Å²) in [6.45, 7) is 0. The van der Waals surface area contributed by atoms with E-state index in [9.17, 15) is 9.59 Å². The molecule has 8 aliphatic carbocycles. The van der Waals surface area contributed by atoms with E-state index in [2.05, 4.69) is 0 Å². The number of ether oxygens (including phenoxy) is 2. The molecule has 0 spiro atoms. The van der Waals surface area contributed by atoms with Gasteiger partial charge in [-0.05, 0) is 59.2 Å². The van der Waals surface area contributed by atoms with Crippen molar-refractivity contribution in [2.45, 2.75) is 12.2 Å². The van der Waals surface area contributed by atoms with Crippen LogP contribution in [0.5, 0.6) is 0 Å². The van der Waals surface area contributed by atoms with Crippen LogP contribution in [-0.2, 0) is 19.1 Å². The summed E-state index contributed by atoms with van der Waals surface area (Å²) in [7, 11) is 0. The van der Waals surface area contributed by atoms with E-state index in [-0.39, 0.29) is 36.0 Å². The van der Waals surface area contributed by atoms with Gasteiger partial charge in [-0.3, -0.25) is 9.59 Å². The summed E-state index contributed by atoms with van der Waals surface area (Å²) in [5, 5.41) is 0. The normalized spacial score (nSPS) is 81.7. The molecule has 14 unspecified atom stereocenters. The first-order valence-corrected chi connectivity index (χ1v) is 10.9. The van der Waals surface area contributed by atoms with Crippen LogP contribution in [0.3, 0.4) is 0 Å². The zero-order valence-electron chi connectivity index (χ0n) is 14.0. The van der Waals surface area contributed by atoms with Crippen LogP contribution in [0, 0.1) is 94.7 Å². The van der Waals surface area contributed by atoms with Crippen molar-refractivity contribution in [1.29, 1.82) is 0 Å². The fraction of sp³-hybridized carbons (Fsp3) is 0.818. The molecule has 12 aliphatic rings. The van der Waals surface area contributed by atoms with Crippen molar-refractivity contribution in [2.75, 3.05) is 0 Å². The molecule has 6 saturated carbocycles. The summed E-state index contributed by atoms with van der Waals surface area (Å²) in [5.41, 5.74) is 3.36. The fourth-order valence-electron chi connectivity index (χ4n) is 13.3. The summed E-state index contributed by atoms with van der Waals surface area (Å²) in [6, 6.07) is 0. The van der Waals surface area contributed by atoms with Crippen molar-refractivity contribution in [2.24, 2.45) is 94.7 Å². The molecule has 0 aromatic heterocycles. The molecule has 0 N–H and O–H groups in total. The average molecular weight is 346 g/mol. The topological polar surface area (TPSA) is 52.6 Å². The first-order valence-electron chi connectivity index (χ1n) is 10.9. The van der Waals surface area contributed by atoms with Crippen molar-refractivity contribution in [1.82, 2.24) is 0 Å². The third-order valence-electron chi connectivity index (χ3n) is 12.4. The summed E-state index contributed by atoms with van der Waals surface area (Å²) >= 11 is 0. The van der Waals surface area contributed by atoms with Crippen molar-refractivity contribution < 1.29 is 19.1 Å². The zero-order chi connectivity index (χ0) is 16.1. The van der Waals surface area contributed by atoms with Crippen LogP contribution in [0.15, 0.2) is 11.1 Å². The SMILES string of the molecule is O=C1OC2C3C4=C5C6C7OC(=O)C8C5C5C4C1C1C5C8C4C7C(C36)C2C14. The minimum absolute atomic E-state index is 0.153. The average Bonchev–Trinajstić information content (AvgIpc) is 3.34. The number of hydrogen-bond donors (Lipinski definition) is 0. The number of carbonyl (C=O) groups is 2. The van der Waals surface area contributed by atoms with Crippen LogP contribution in [0.1, 0.15) is 0 Å². The summed E-state index contributed by atoms with van der Waals surface area (Å²) in [5.74, 6) is 8.73. The molecule has 10 fully saturated rings. The molecular weight excluding hydrogens is 328 g/mol. The Balaban J connectivity index is 1.44. The van der Waals surface area contributed by atoms with Crippen LogP contribution in [0.4, 0.5) is 0 Å². The molecule has 4 aliphatic heterocycles. The van der Waals surface area contributed by atoms with E-state index in [1.54, 1.807) is 11.1 Å². The highest BCUT2D eigenvalue weighted by Crippen LogP contribution is 2.91. The molecule has 4 heteroatoms. The number of rotatable bonds is 0. The Morgan fingerprint density at radius 3 is 1.38 bits per heavy atom. The number of hydrogen-bond acceptors (Lipinski definition) is 4. The van der Waals surface area contributed by atoms with Crippen molar-refractivity contribution in [3.63, 3.8) is 0 Å². The van der Waals surface area contributed by atoms with Crippen molar-refractivity contribution >= 4 is 11.9 Å². The molecule has 26 heavy (non-hydrogen) atoms. The molecule has 0 amide bonds. The van der Waals surface area contributed by atoms with Crippen molar-refractivity contribution in [3.8, 4) is 0 Å². The van der Waals surface area contributed by atoms with E-state index in [1.807, 2.05) is 0 Å². The summed E-state index contributed by atoms with van der Waals surface area (Å²) in [4.78, 5) is 26.5. The number of esters is 2. The highest BCUT2D eigenvalue weighted by Gasteiger charge is 2.92. The lowest BCUT2D eigenvalue weighted by Crippen LogP contribution is -2.36. The van der Waals surface area contributed by atoms with E-state index in [4.69, 9.17) is 9.47 Å². The number of fused-ring (bicyclic) bond motifs is 2. The fourth-order valence-corrected chi connectivity index (χ4v) is 13.3. The first kappa shape index (κ1) is 11.5. The number of carbonyl (C=O) groups excluding carboxylic acids is 2. The molecule has 14 atom stereocenters. The highest BCUT2D eigenvalue weighted by molar-refractivity contribution is 5.82. The molecule has 0 radical (unpaired) electrons. The maximum absolute atomic E-state index is 13.3. The van der Waals surface area contributed by atoms with Gasteiger partial charge in [-0.25, -0.2) is 0 Å². The van der Waals surface area contributed by atoms with Gasteiger partial charge in [0, 0.05) is 23.7 Å². The van der Waals surface area contributed by atoms with E-state index < -0.39 is 0 Å². The smallest absolute Gasteiger partial charge is 0.310 e. The van der Waals surface area contributed by atoms with Crippen molar-refractivity contribution in [3.05, 3.63) is 11.1 Å². The molecule has 12 rings (SSSR count). The molecule has 4 saturated heterocycles. The Hall–Kier alpha value is -1.32. The lowest BCUT2D eigenvalue weighted by molar-refractivity contribution is -0.157. The van der Waals surface area contributed by atoms with Gasteiger partial charge in [0.05, 0.1) is 11.8 Å². The molecule has 130 valence electrons. The molecule has 0 aromatic carbocycles. The first-order chi connectivity index (χ1) is 12.8. The molecule has 4 heterocycles. The Bertz CT molecular complexity index is 922. The second-order valence-corrected chi connectivity index (χ2v) is 11.6. The van der Waals surface area contributed by atoms with Gasteiger partial charge >= 0.3 is 11.9 Å². The summed E-state index contributed by atoms with van der Waals surface area (Å²) in [6.07, 6.45) is 0.374. The Kier molecular flexibility index (Phi) is 1.21. The van der Waals surface area contributed by atoms with Crippen LogP contribution in [-0.4, -0.2) is 24.1 Å². The van der Waals surface area contributed by atoms with Gasteiger partial charge in [0.1, 0.15) is 12.2 Å². The predicted octanol–water partition coefficient (Wildman–Crippen LogP) is 1.12. The van der Waals surface area contributed by atoms with E-state index >= 15 is 0 Å². The van der Waals surface area contributed by atoms with Gasteiger partial charge in [-0.2, -0.15) is 0 Å². The van der Waals surface area contributed by atoms with Crippen LogP contribution >= 0.6 is 0 Å². The maximum Gasteiger partial charge on any atom is 0.310 e. The van der Waals surface area contributed by atoms with Gasteiger partial charge in [0.25, 0.3) is 0 Å². The van der Waals surface area contributed by atoms with Crippen LogP contribution in [0.2, 0.25) is 0 Å². The summed E-state index contributed by atoms with van der Waals surface area (Å²) < 4.78 is 12.7. The monoisotopic (exact) mass is 346 g/mol. The highest BCUT2D eigenvalue weighted by atomic mass is 16.6. The van der Waals surface area contributed by atoms with Gasteiger partial charge < -0.3 is 9.47 Å². The van der Waals surface area contributed by atoms with Gasteiger partial charge in [0.2, 0.25) is 0 Å². The lowest BCUT2D eigenvalue weighted by Gasteiger charge is -2.35. The Morgan fingerprint density at radius 1 is 0.423 bits per heavy atom. The van der Waals surface area contributed by atoms with Crippen LogP contribution in [0.25, 0.3) is 0 Å². The molecule has 0 aromatic rings. The quantitative estimate of drug-likeness (QED) is 0.487. The Morgan fingerprint density at radius 2 is 0.846 bits per heavy atom. The second-order valence-electron chi connectivity index (χ2n) is 11.6.